The fourth-order valence-corrected chi connectivity index (χ4v) is 2.46. The highest BCUT2D eigenvalue weighted by Crippen LogP contribution is 2.32. The number of carbonyl (C=O) groups is 2. The minimum absolute atomic E-state index is 0.0418. The van der Waals surface area contributed by atoms with E-state index in [0.29, 0.717) is 36.4 Å². The second-order valence-electron chi connectivity index (χ2n) is 4.67. The molecule has 0 bridgehead atoms. The molecule has 0 N–H and O–H groups in total. The van der Waals surface area contributed by atoms with E-state index in [0.717, 1.165) is 0 Å². The summed E-state index contributed by atoms with van der Waals surface area (Å²) in [7, 11) is 2.98. The first-order valence-electron chi connectivity index (χ1n) is 6.89. The summed E-state index contributed by atoms with van der Waals surface area (Å²) in [6, 6.07) is 7.30. The van der Waals surface area contributed by atoms with Crippen molar-refractivity contribution in [2.45, 2.75) is 19.8 Å². The van der Waals surface area contributed by atoms with Crippen LogP contribution < -0.4 is 9.64 Å². The van der Waals surface area contributed by atoms with Crippen LogP contribution in [0.15, 0.2) is 35.6 Å². The Hall–Kier alpha value is -2.30. The first-order valence-corrected chi connectivity index (χ1v) is 6.89. The lowest BCUT2D eigenvalue weighted by Gasteiger charge is -2.30. The number of anilines is 1. The van der Waals surface area contributed by atoms with Crippen molar-refractivity contribution in [3.8, 4) is 5.75 Å². The molecule has 0 saturated heterocycles. The van der Waals surface area contributed by atoms with Gasteiger partial charge in [0.2, 0.25) is 0 Å². The van der Waals surface area contributed by atoms with Crippen molar-refractivity contribution in [3.05, 3.63) is 35.6 Å². The van der Waals surface area contributed by atoms with E-state index in [1.165, 1.54) is 7.11 Å². The van der Waals surface area contributed by atoms with Gasteiger partial charge in [-0.25, -0.2) is 0 Å². The molecule has 0 spiro atoms. The number of ether oxygens (including phenoxy) is 2. The van der Waals surface area contributed by atoms with E-state index >= 15 is 0 Å². The third kappa shape index (κ3) is 2.77. The molecule has 21 heavy (non-hydrogen) atoms. The fourth-order valence-electron chi connectivity index (χ4n) is 2.46. The number of rotatable bonds is 5. The topological polar surface area (TPSA) is 55.8 Å². The number of ketones is 1. The first-order chi connectivity index (χ1) is 10.1. The Morgan fingerprint density at radius 1 is 1.24 bits per heavy atom. The number of benzene rings is 1. The lowest BCUT2D eigenvalue weighted by molar-refractivity contribution is -0.121. The molecule has 1 aliphatic heterocycles. The molecule has 1 aromatic rings. The van der Waals surface area contributed by atoms with Crippen LogP contribution in [0, 0.1) is 0 Å². The van der Waals surface area contributed by atoms with Crippen LogP contribution in [0.25, 0.3) is 0 Å². The summed E-state index contributed by atoms with van der Waals surface area (Å²) in [5.41, 5.74) is 1.17. The highest BCUT2D eigenvalue weighted by atomic mass is 16.5. The lowest BCUT2D eigenvalue weighted by atomic mass is 9.99. The molecule has 1 heterocycles. The molecular formula is C16H19NO4. The summed E-state index contributed by atoms with van der Waals surface area (Å²) >= 11 is 0. The molecule has 0 aliphatic carbocycles. The van der Waals surface area contributed by atoms with Crippen LogP contribution in [0.1, 0.15) is 19.8 Å². The minimum Gasteiger partial charge on any atom is -0.495 e. The normalized spacial score (nSPS) is 15.2. The van der Waals surface area contributed by atoms with Gasteiger partial charge in [-0.05, 0) is 18.6 Å². The number of hydrogen-bond donors (Lipinski definition) is 0. The second-order valence-corrected chi connectivity index (χ2v) is 4.67. The zero-order valence-electron chi connectivity index (χ0n) is 12.5. The Kier molecular flexibility index (Phi) is 4.62. The average Bonchev–Trinajstić information content (AvgIpc) is 2.53. The van der Waals surface area contributed by atoms with Crippen LogP contribution in [0.3, 0.4) is 0 Å². The van der Waals surface area contributed by atoms with Crippen LogP contribution in [0.4, 0.5) is 5.69 Å². The molecule has 2 rings (SSSR count). The predicted molar refractivity (Wildman–Crippen MR) is 79.3 cm³/mol. The highest BCUT2D eigenvalue weighted by molar-refractivity contribution is 6.12. The number of amides is 1. The van der Waals surface area contributed by atoms with Crippen molar-refractivity contribution in [3.63, 3.8) is 0 Å². The number of nitrogens with zero attached hydrogens (tertiary/aromatic N) is 1. The van der Waals surface area contributed by atoms with Gasteiger partial charge in [-0.15, -0.1) is 0 Å². The zero-order valence-corrected chi connectivity index (χ0v) is 12.5. The Morgan fingerprint density at radius 3 is 2.57 bits per heavy atom. The van der Waals surface area contributed by atoms with Gasteiger partial charge < -0.3 is 14.4 Å². The molecule has 0 radical (unpaired) electrons. The molecule has 112 valence electrons. The molecule has 1 amide bonds. The van der Waals surface area contributed by atoms with Crippen LogP contribution in [0.2, 0.25) is 0 Å². The predicted octanol–water partition coefficient (Wildman–Crippen LogP) is 2.31. The van der Waals surface area contributed by atoms with E-state index in [4.69, 9.17) is 9.47 Å². The molecule has 0 unspecified atom stereocenters. The Labute approximate surface area is 124 Å². The largest absolute Gasteiger partial charge is 0.495 e. The van der Waals surface area contributed by atoms with Crippen molar-refractivity contribution in [1.82, 2.24) is 0 Å². The van der Waals surface area contributed by atoms with Gasteiger partial charge in [-0.3, -0.25) is 9.59 Å². The van der Waals surface area contributed by atoms with Gasteiger partial charge in [0.1, 0.15) is 5.75 Å². The highest BCUT2D eigenvalue weighted by Gasteiger charge is 2.32. The van der Waals surface area contributed by atoms with Crippen LogP contribution in [-0.4, -0.2) is 32.5 Å². The van der Waals surface area contributed by atoms with Gasteiger partial charge in [0.25, 0.3) is 5.91 Å². The molecule has 0 aromatic heterocycles. The molecule has 1 aromatic carbocycles. The Balaban J connectivity index is 2.41. The molecular weight excluding hydrogens is 270 g/mol. The molecule has 5 heteroatoms. The van der Waals surface area contributed by atoms with Crippen molar-refractivity contribution in [2.75, 3.05) is 25.7 Å². The Bertz CT molecular complexity index is 592. The second kappa shape index (κ2) is 6.43. The maximum Gasteiger partial charge on any atom is 0.293 e. The summed E-state index contributed by atoms with van der Waals surface area (Å²) in [6.07, 6.45) is 0.851. The summed E-state index contributed by atoms with van der Waals surface area (Å²) < 4.78 is 10.5. The van der Waals surface area contributed by atoms with E-state index in [2.05, 4.69) is 0 Å². The number of hydrogen-bond acceptors (Lipinski definition) is 4. The van der Waals surface area contributed by atoms with Gasteiger partial charge >= 0.3 is 0 Å². The third-order valence-electron chi connectivity index (χ3n) is 3.54. The van der Waals surface area contributed by atoms with Crippen LogP contribution >= 0.6 is 0 Å². The molecule has 0 atom stereocenters. The van der Waals surface area contributed by atoms with Gasteiger partial charge in [-0.1, -0.05) is 19.1 Å². The van der Waals surface area contributed by atoms with Crippen molar-refractivity contribution >= 4 is 17.4 Å². The summed E-state index contributed by atoms with van der Waals surface area (Å²) in [5, 5.41) is 0. The first kappa shape index (κ1) is 15.1. The van der Waals surface area contributed by atoms with E-state index in [9.17, 15) is 9.59 Å². The summed E-state index contributed by atoms with van der Waals surface area (Å²) in [4.78, 5) is 26.1. The van der Waals surface area contributed by atoms with Crippen molar-refractivity contribution in [1.29, 1.82) is 0 Å². The SMILES string of the molecule is CCC(=O)C1=C(OC)C(=O)N(c2ccccc2OC)CC1. The standard InChI is InChI=1S/C16H19NO4/c1-4-13(18)11-9-10-17(16(19)15(11)21-3)12-7-5-6-8-14(12)20-2/h5-8H,4,9-10H2,1-3H3. The number of carbonyl (C=O) groups excluding carboxylic acids is 2. The van der Waals surface area contributed by atoms with Crippen LogP contribution in [-0.2, 0) is 14.3 Å². The average molecular weight is 289 g/mol. The third-order valence-corrected chi connectivity index (χ3v) is 3.54. The summed E-state index contributed by atoms with van der Waals surface area (Å²) in [6.45, 7) is 2.22. The quantitative estimate of drug-likeness (QED) is 0.834. The number of Topliss-reactive ketones (excluding diaryl/α,β-unsaturated/α-hetero) is 1. The maximum absolute atomic E-state index is 12.6. The smallest absolute Gasteiger partial charge is 0.293 e. The molecule has 5 nitrogen and oxygen atoms in total. The fraction of sp³-hybridized carbons (Fsp3) is 0.375. The van der Waals surface area contributed by atoms with Gasteiger partial charge in [0, 0.05) is 18.5 Å². The van der Waals surface area contributed by atoms with E-state index in [-0.39, 0.29) is 17.4 Å². The molecule has 0 fully saturated rings. The van der Waals surface area contributed by atoms with E-state index < -0.39 is 0 Å². The Morgan fingerprint density at radius 2 is 1.95 bits per heavy atom. The van der Waals surface area contributed by atoms with Crippen LogP contribution in [0.5, 0.6) is 5.75 Å². The summed E-state index contributed by atoms with van der Waals surface area (Å²) in [5.74, 6) is 0.413. The van der Waals surface area contributed by atoms with Gasteiger partial charge in [-0.2, -0.15) is 0 Å². The van der Waals surface area contributed by atoms with E-state index in [1.807, 2.05) is 18.2 Å². The van der Waals surface area contributed by atoms with Crippen molar-refractivity contribution < 1.29 is 19.1 Å². The maximum atomic E-state index is 12.6. The zero-order chi connectivity index (χ0) is 15.4. The van der Waals surface area contributed by atoms with E-state index in [1.54, 1.807) is 25.0 Å². The molecule has 0 saturated carbocycles. The van der Waals surface area contributed by atoms with Gasteiger partial charge in [0.15, 0.2) is 11.5 Å². The molecule has 1 aliphatic rings. The van der Waals surface area contributed by atoms with Gasteiger partial charge in [0.05, 0.1) is 19.9 Å². The number of methoxy groups -OCH3 is 2. The number of para-hydroxylation sites is 2. The van der Waals surface area contributed by atoms with Crippen molar-refractivity contribution in [2.24, 2.45) is 0 Å². The monoisotopic (exact) mass is 289 g/mol. The lowest BCUT2D eigenvalue weighted by Crippen LogP contribution is -2.39. The minimum atomic E-state index is -0.301.